The molecular formula is C22H40IN5S. The average molecular weight is 534 g/mol. The molecule has 1 saturated heterocycles. The van der Waals surface area contributed by atoms with Gasteiger partial charge in [0.05, 0.1) is 17.2 Å². The Morgan fingerprint density at radius 3 is 2.55 bits per heavy atom. The highest BCUT2D eigenvalue weighted by Crippen LogP contribution is 2.25. The summed E-state index contributed by atoms with van der Waals surface area (Å²) in [6.45, 7) is 11.8. The van der Waals surface area contributed by atoms with E-state index >= 15 is 0 Å². The third kappa shape index (κ3) is 8.32. The first-order valence-corrected chi connectivity index (χ1v) is 12.2. The number of nitrogens with one attached hydrogen (secondary N) is 2. The first-order chi connectivity index (χ1) is 13.6. The van der Waals surface area contributed by atoms with Crippen molar-refractivity contribution in [3.63, 3.8) is 0 Å². The SMILES string of the molecule is CCNC(=NCc1csc(C(C)C)n1)NC1CCN(CC2CCCCC2)CC1.I. The second-order valence-corrected chi connectivity index (χ2v) is 9.64. The van der Waals surface area contributed by atoms with Crippen LogP contribution in [0, 0.1) is 5.92 Å². The zero-order chi connectivity index (χ0) is 19.8. The van der Waals surface area contributed by atoms with Crippen molar-refractivity contribution in [3.8, 4) is 0 Å². The van der Waals surface area contributed by atoms with E-state index in [4.69, 9.17) is 9.98 Å². The normalized spacial score (nSPS) is 19.9. The average Bonchev–Trinajstić information content (AvgIpc) is 3.18. The number of hydrogen-bond acceptors (Lipinski definition) is 4. The van der Waals surface area contributed by atoms with Gasteiger partial charge in [0.2, 0.25) is 0 Å². The molecule has 0 atom stereocenters. The number of nitrogens with zero attached hydrogens (tertiary/aromatic N) is 3. The molecule has 0 spiro atoms. The summed E-state index contributed by atoms with van der Waals surface area (Å²) in [5, 5.41) is 10.4. The first kappa shape index (κ1) is 24.9. The quantitative estimate of drug-likeness (QED) is 0.295. The monoisotopic (exact) mass is 533 g/mol. The minimum absolute atomic E-state index is 0. The maximum Gasteiger partial charge on any atom is 0.191 e. The van der Waals surface area contributed by atoms with Gasteiger partial charge in [-0.25, -0.2) is 9.98 Å². The van der Waals surface area contributed by atoms with E-state index in [9.17, 15) is 0 Å². The van der Waals surface area contributed by atoms with E-state index < -0.39 is 0 Å². The Kier molecular flexibility index (Phi) is 11.2. The summed E-state index contributed by atoms with van der Waals surface area (Å²) in [6.07, 6.45) is 9.67. The van der Waals surface area contributed by atoms with E-state index in [1.165, 1.54) is 69.6 Å². The van der Waals surface area contributed by atoms with Crippen molar-refractivity contribution in [2.75, 3.05) is 26.2 Å². The van der Waals surface area contributed by atoms with Gasteiger partial charge in [0, 0.05) is 43.5 Å². The van der Waals surface area contributed by atoms with E-state index in [1.807, 2.05) is 0 Å². The number of aliphatic imine (C=N–C) groups is 1. The molecule has 7 heteroatoms. The number of piperidine rings is 1. The largest absolute Gasteiger partial charge is 0.357 e. The summed E-state index contributed by atoms with van der Waals surface area (Å²) in [5.74, 6) is 2.38. The minimum atomic E-state index is 0. The highest BCUT2D eigenvalue weighted by Gasteiger charge is 2.23. The smallest absolute Gasteiger partial charge is 0.191 e. The maximum absolute atomic E-state index is 4.79. The molecule has 0 aromatic carbocycles. The van der Waals surface area contributed by atoms with Gasteiger partial charge in [-0.2, -0.15) is 0 Å². The lowest BCUT2D eigenvalue weighted by molar-refractivity contribution is 0.160. The van der Waals surface area contributed by atoms with Gasteiger partial charge >= 0.3 is 0 Å². The van der Waals surface area contributed by atoms with Gasteiger partial charge in [-0.1, -0.05) is 33.1 Å². The van der Waals surface area contributed by atoms with Crippen LogP contribution in [0.15, 0.2) is 10.4 Å². The topological polar surface area (TPSA) is 52.6 Å². The van der Waals surface area contributed by atoms with Crippen molar-refractivity contribution in [1.82, 2.24) is 20.5 Å². The van der Waals surface area contributed by atoms with Gasteiger partial charge in [0.1, 0.15) is 0 Å². The highest BCUT2D eigenvalue weighted by atomic mass is 127. The van der Waals surface area contributed by atoms with Gasteiger partial charge in [-0.3, -0.25) is 0 Å². The van der Waals surface area contributed by atoms with Crippen molar-refractivity contribution in [2.45, 2.75) is 84.2 Å². The molecule has 2 aliphatic rings. The molecule has 2 N–H and O–H groups in total. The second-order valence-electron chi connectivity index (χ2n) is 8.75. The highest BCUT2D eigenvalue weighted by molar-refractivity contribution is 14.0. The number of halogens is 1. The third-order valence-corrected chi connectivity index (χ3v) is 7.17. The molecule has 2 heterocycles. The minimum Gasteiger partial charge on any atom is -0.357 e. The van der Waals surface area contributed by atoms with Crippen molar-refractivity contribution >= 4 is 41.3 Å². The number of thiazole rings is 1. The van der Waals surface area contributed by atoms with Gasteiger partial charge in [0.25, 0.3) is 0 Å². The zero-order valence-electron chi connectivity index (χ0n) is 18.5. The van der Waals surface area contributed by atoms with Gasteiger partial charge in [0.15, 0.2) is 5.96 Å². The fraction of sp³-hybridized carbons (Fsp3) is 0.818. The van der Waals surface area contributed by atoms with Crippen molar-refractivity contribution in [1.29, 1.82) is 0 Å². The number of likely N-dealkylation sites (tertiary alicyclic amines) is 1. The summed E-state index contributed by atoms with van der Waals surface area (Å²) in [4.78, 5) is 12.2. The summed E-state index contributed by atoms with van der Waals surface area (Å²) in [7, 11) is 0. The molecule has 1 aromatic heterocycles. The van der Waals surface area contributed by atoms with Crippen LogP contribution in [0.5, 0.6) is 0 Å². The van der Waals surface area contributed by atoms with Crippen molar-refractivity contribution in [2.24, 2.45) is 10.9 Å². The van der Waals surface area contributed by atoms with E-state index in [2.05, 4.69) is 41.7 Å². The molecule has 1 aliphatic carbocycles. The molecule has 1 aromatic rings. The Bertz CT molecular complexity index is 604. The van der Waals surface area contributed by atoms with Crippen LogP contribution in [0.4, 0.5) is 0 Å². The molecule has 1 saturated carbocycles. The van der Waals surface area contributed by atoms with Crippen LogP contribution >= 0.6 is 35.3 Å². The van der Waals surface area contributed by atoms with E-state index in [1.54, 1.807) is 11.3 Å². The second kappa shape index (κ2) is 13.1. The molecule has 5 nitrogen and oxygen atoms in total. The molecular weight excluding hydrogens is 493 g/mol. The molecule has 0 amide bonds. The zero-order valence-corrected chi connectivity index (χ0v) is 21.6. The van der Waals surface area contributed by atoms with Crippen LogP contribution < -0.4 is 10.6 Å². The van der Waals surface area contributed by atoms with Gasteiger partial charge in [-0.15, -0.1) is 35.3 Å². The van der Waals surface area contributed by atoms with Crippen LogP contribution in [0.1, 0.15) is 82.3 Å². The van der Waals surface area contributed by atoms with E-state index in [-0.39, 0.29) is 24.0 Å². The Labute approximate surface area is 198 Å². The fourth-order valence-corrected chi connectivity index (χ4v) is 5.15. The summed E-state index contributed by atoms with van der Waals surface area (Å²) in [6, 6.07) is 0.530. The molecule has 3 rings (SSSR count). The van der Waals surface area contributed by atoms with Crippen LogP contribution in [0.2, 0.25) is 0 Å². The molecule has 166 valence electrons. The van der Waals surface area contributed by atoms with Crippen LogP contribution in [-0.2, 0) is 6.54 Å². The van der Waals surface area contributed by atoms with E-state index in [0.717, 1.165) is 24.1 Å². The summed E-state index contributed by atoms with van der Waals surface area (Å²) in [5.41, 5.74) is 1.08. The number of guanidine groups is 1. The number of aromatic nitrogens is 1. The first-order valence-electron chi connectivity index (χ1n) is 11.4. The molecule has 0 radical (unpaired) electrons. The number of rotatable bonds is 7. The van der Waals surface area contributed by atoms with Crippen LogP contribution in [-0.4, -0.2) is 48.1 Å². The Morgan fingerprint density at radius 1 is 1.21 bits per heavy atom. The van der Waals surface area contributed by atoms with E-state index in [0.29, 0.717) is 18.5 Å². The Balaban J connectivity index is 0.00000300. The maximum atomic E-state index is 4.79. The lowest BCUT2D eigenvalue weighted by atomic mass is 9.88. The van der Waals surface area contributed by atoms with Crippen LogP contribution in [0.3, 0.4) is 0 Å². The van der Waals surface area contributed by atoms with Gasteiger partial charge in [-0.05, 0) is 38.5 Å². The van der Waals surface area contributed by atoms with Crippen molar-refractivity contribution < 1.29 is 0 Å². The van der Waals surface area contributed by atoms with Gasteiger partial charge < -0.3 is 15.5 Å². The number of hydrogen-bond donors (Lipinski definition) is 2. The fourth-order valence-electron chi connectivity index (χ4n) is 4.33. The lowest BCUT2D eigenvalue weighted by Crippen LogP contribution is -2.49. The van der Waals surface area contributed by atoms with Crippen molar-refractivity contribution in [3.05, 3.63) is 16.1 Å². The Morgan fingerprint density at radius 2 is 1.93 bits per heavy atom. The standard InChI is InChI=1S/C22H39N5S.HI/c1-4-23-22(24-14-20-16-28-21(25-20)17(2)3)26-19-10-12-27(13-11-19)15-18-8-6-5-7-9-18;/h16-19H,4-15H2,1-3H3,(H2,23,24,26);1H. The molecule has 1 aliphatic heterocycles. The summed E-state index contributed by atoms with van der Waals surface area (Å²) >= 11 is 1.75. The Hall–Kier alpha value is -0.410. The predicted molar refractivity (Wildman–Crippen MR) is 136 cm³/mol. The molecule has 29 heavy (non-hydrogen) atoms. The molecule has 0 bridgehead atoms. The summed E-state index contributed by atoms with van der Waals surface area (Å²) < 4.78 is 0. The molecule has 0 unspecified atom stereocenters. The predicted octanol–water partition coefficient (Wildman–Crippen LogP) is 4.98. The molecule has 2 fully saturated rings. The van der Waals surface area contributed by atoms with Crippen LogP contribution in [0.25, 0.3) is 0 Å². The third-order valence-electron chi connectivity index (χ3n) is 5.98. The lowest BCUT2D eigenvalue weighted by Gasteiger charge is -2.36.